The number of para-hydroxylation sites is 3. The van der Waals surface area contributed by atoms with Crippen molar-refractivity contribution in [3.63, 3.8) is 0 Å². The maximum Gasteiger partial charge on any atom is 0.257 e. The molecule has 132 valence electrons. The lowest BCUT2D eigenvalue weighted by Gasteiger charge is -2.12. The molecular formula is C19H15Cl2N3O2. The third kappa shape index (κ3) is 4.07. The summed E-state index contributed by atoms with van der Waals surface area (Å²) in [4.78, 5) is 16.6. The summed E-state index contributed by atoms with van der Waals surface area (Å²) in [6, 6.07) is 14.0. The molecular weight excluding hydrogens is 373 g/mol. The monoisotopic (exact) mass is 387 g/mol. The summed E-state index contributed by atoms with van der Waals surface area (Å²) in [7, 11) is 1.55. The second kappa shape index (κ2) is 8.08. The molecule has 1 amide bonds. The van der Waals surface area contributed by atoms with E-state index in [-0.39, 0.29) is 5.91 Å². The van der Waals surface area contributed by atoms with Gasteiger partial charge in [0.25, 0.3) is 5.91 Å². The van der Waals surface area contributed by atoms with Crippen LogP contribution in [-0.2, 0) is 0 Å². The van der Waals surface area contributed by atoms with E-state index < -0.39 is 0 Å². The van der Waals surface area contributed by atoms with Gasteiger partial charge < -0.3 is 15.4 Å². The normalized spacial score (nSPS) is 10.3. The van der Waals surface area contributed by atoms with Gasteiger partial charge in [0, 0.05) is 6.20 Å². The van der Waals surface area contributed by atoms with Crippen LogP contribution in [0.4, 0.5) is 17.1 Å². The minimum atomic E-state index is -0.309. The maximum atomic E-state index is 12.5. The lowest BCUT2D eigenvalue weighted by molar-refractivity contribution is 0.102. The maximum absolute atomic E-state index is 12.5. The van der Waals surface area contributed by atoms with Crippen LogP contribution >= 0.6 is 23.2 Å². The number of nitrogens with one attached hydrogen (secondary N) is 2. The fourth-order valence-electron chi connectivity index (χ4n) is 2.34. The molecule has 0 radical (unpaired) electrons. The van der Waals surface area contributed by atoms with Crippen LogP contribution in [0.5, 0.6) is 5.75 Å². The smallest absolute Gasteiger partial charge is 0.257 e. The number of nitrogens with zero attached hydrogens (tertiary/aromatic N) is 1. The molecule has 0 fully saturated rings. The molecule has 1 heterocycles. The fraction of sp³-hybridized carbons (Fsp3) is 0.0526. The first-order chi connectivity index (χ1) is 12.6. The van der Waals surface area contributed by atoms with E-state index in [1.54, 1.807) is 49.7 Å². The number of anilines is 3. The Hall–Kier alpha value is -2.76. The van der Waals surface area contributed by atoms with Crippen LogP contribution in [0, 0.1) is 0 Å². The largest absolute Gasteiger partial charge is 0.495 e. The Bertz CT molecular complexity index is 927. The van der Waals surface area contributed by atoms with Gasteiger partial charge in [-0.05, 0) is 30.3 Å². The van der Waals surface area contributed by atoms with E-state index in [1.165, 1.54) is 6.20 Å². The fourth-order valence-corrected chi connectivity index (χ4v) is 2.83. The molecule has 1 aromatic heterocycles. The van der Waals surface area contributed by atoms with Crippen LogP contribution in [0.1, 0.15) is 10.4 Å². The molecule has 7 heteroatoms. The van der Waals surface area contributed by atoms with Gasteiger partial charge >= 0.3 is 0 Å². The molecule has 2 aromatic carbocycles. The molecule has 2 N–H and O–H groups in total. The molecule has 0 aliphatic heterocycles. The molecule has 26 heavy (non-hydrogen) atoms. The van der Waals surface area contributed by atoms with Crippen LogP contribution < -0.4 is 15.4 Å². The first kappa shape index (κ1) is 18.0. The highest BCUT2D eigenvalue weighted by atomic mass is 35.5. The third-order valence-corrected chi connectivity index (χ3v) is 4.22. The lowest BCUT2D eigenvalue weighted by atomic mass is 10.2. The zero-order valence-electron chi connectivity index (χ0n) is 13.8. The van der Waals surface area contributed by atoms with Crippen molar-refractivity contribution >= 4 is 46.2 Å². The van der Waals surface area contributed by atoms with Crippen molar-refractivity contribution in [1.29, 1.82) is 0 Å². The summed E-state index contributed by atoms with van der Waals surface area (Å²) in [5, 5.41) is 6.85. The Morgan fingerprint density at radius 2 is 1.77 bits per heavy atom. The van der Waals surface area contributed by atoms with Crippen molar-refractivity contribution in [2.24, 2.45) is 0 Å². The lowest BCUT2D eigenvalue weighted by Crippen LogP contribution is -2.13. The van der Waals surface area contributed by atoms with Crippen LogP contribution in [0.3, 0.4) is 0 Å². The molecule has 3 rings (SSSR count). The Kier molecular flexibility index (Phi) is 5.61. The number of amides is 1. The number of rotatable bonds is 5. The van der Waals surface area contributed by atoms with Crippen LogP contribution in [-0.4, -0.2) is 18.0 Å². The molecule has 0 bridgehead atoms. The van der Waals surface area contributed by atoms with Crippen molar-refractivity contribution in [2.75, 3.05) is 17.7 Å². The molecule has 0 unspecified atom stereocenters. The minimum Gasteiger partial charge on any atom is -0.495 e. The van der Waals surface area contributed by atoms with Gasteiger partial charge in [-0.25, -0.2) is 0 Å². The number of carbonyl (C=O) groups is 1. The Labute approximate surface area is 160 Å². The van der Waals surface area contributed by atoms with Gasteiger partial charge in [0.15, 0.2) is 0 Å². The third-order valence-electron chi connectivity index (χ3n) is 3.59. The van der Waals surface area contributed by atoms with E-state index in [9.17, 15) is 4.79 Å². The average molecular weight is 388 g/mol. The van der Waals surface area contributed by atoms with Gasteiger partial charge in [-0.1, -0.05) is 41.4 Å². The molecule has 0 aliphatic rings. The molecule has 0 spiro atoms. The van der Waals surface area contributed by atoms with Crippen LogP contribution in [0.25, 0.3) is 0 Å². The summed E-state index contributed by atoms with van der Waals surface area (Å²) in [6.07, 6.45) is 3.06. The molecule has 5 nitrogen and oxygen atoms in total. The number of hydrogen-bond acceptors (Lipinski definition) is 4. The van der Waals surface area contributed by atoms with Crippen molar-refractivity contribution in [3.8, 4) is 5.75 Å². The number of ether oxygens (including phenoxy) is 1. The Morgan fingerprint density at radius 3 is 2.50 bits per heavy atom. The van der Waals surface area contributed by atoms with Gasteiger partial charge in [0.05, 0.1) is 46.0 Å². The highest BCUT2D eigenvalue weighted by molar-refractivity contribution is 6.39. The zero-order valence-corrected chi connectivity index (χ0v) is 15.3. The van der Waals surface area contributed by atoms with Crippen molar-refractivity contribution in [2.45, 2.75) is 0 Å². The summed E-state index contributed by atoms with van der Waals surface area (Å²) >= 11 is 12.3. The van der Waals surface area contributed by atoms with Crippen molar-refractivity contribution in [1.82, 2.24) is 4.98 Å². The standard InChI is InChI=1S/C19H15Cl2N3O2/c1-26-17-8-3-2-7-16(17)24-19(25)12-9-13(11-22-10-12)23-18-14(20)5-4-6-15(18)21/h2-11,23H,1H3,(H,24,25). The second-order valence-electron chi connectivity index (χ2n) is 5.34. The second-order valence-corrected chi connectivity index (χ2v) is 6.15. The van der Waals surface area contributed by atoms with Gasteiger partial charge in [-0.2, -0.15) is 0 Å². The Balaban J connectivity index is 1.82. The van der Waals surface area contributed by atoms with E-state index in [0.29, 0.717) is 38.4 Å². The van der Waals surface area contributed by atoms with E-state index in [1.807, 2.05) is 12.1 Å². The number of hydrogen-bond donors (Lipinski definition) is 2. The predicted molar refractivity (Wildman–Crippen MR) is 105 cm³/mol. The highest BCUT2D eigenvalue weighted by Gasteiger charge is 2.12. The van der Waals surface area contributed by atoms with Gasteiger partial charge in [0.2, 0.25) is 0 Å². The first-order valence-electron chi connectivity index (χ1n) is 7.69. The summed E-state index contributed by atoms with van der Waals surface area (Å²) in [5.41, 5.74) is 2.10. The number of aromatic nitrogens is 1. The number of benzene rings is 2. The van der Waals surface area contributed by atoms with Gasteiger partial charge in [0.1, 0.15) is 5.75 Å². The number of methoxy groups -OCH3 is 1. The van der Waals surface area contributed by atoms with E-state index in [4.69, 9.17) is 27.9 Å². The van der Waals surface area contributed by atoms with Gasteiger partial charge in [-0.15, -0.1) is 0 Å². The summed E-state index contributed by atoms with van der Waals surface area (Å²) < 4.78 is 5.24. The first-order valence-corrected chi connectivity index (χ1v) is 8.44. The number of halogens is 2. The number of pyridine rings is 1. The number of carbonyl (C=O) groups excluding carboxylic acids is 1. The van der Waals surface area contributed by atoms with Crippen molar-refractivity contribution < 1.29 is 9.53 Å². The van der Waals surface area contributed by atoms with E-state index >= 15 is 0 Å². The summed E-state index contributed by atoms with van der Waals surface area (Å²) in [5.74, 6) is 0.266. The Morgan fingerprint density at radius 1 is 1.04 bits per heavy atom. The highest BCUT2D eigenvalue weighted by Crippen LogP contribution is 2.32. The topological polar surface area (TPSA) is 63.2 Å². The minimum absolute atomic E-state index is 0.309. The SMILES string of the molecule is COc1ccccc1NC(=O)c1cncc(Nc2c(Cl)cccc2Cl)c1. The molecule has 0 aliphatic carbocycles. The molecule has 0 saturated carbocycles. The molecule has 0 saturated heterocycles. The quantitative estimate of drug-likeness (QED) is 0.615. The molecule has 0 atom stereocenters. The summed E-state index contributed by atoms with van der Waals surface area (Å²) in [6.45, 7) is 0. The van der Waals surface area contributed by atoms with Crippen LogP contribution in [0.2, 0.25) is 10.0 Å². The van der Waals surface area contributed by atoms with Crippen molar-refractivity contribution in [3.05, 3.63) is 76.5 Å². The van der Waals surface area contributed by atoms with Crippen LogP contribution in [0.15, 0.2) is 60.9 Å². The van der Waals surface area contributed by atoms with E-state index in [2.05, 4.69) is 15.6 Å². The van der Waals surface area contributed by atoms with E-state index in [0.717, 1.165) is 0 Å². The molecule has 3 aromatic rings. The predicted octanol–water partition coefficient (Wildman–Crippen LogP) is 5.39. The zero-order chi connectivity index (χ0) is 18.5. The average Bonchev–Trinajstić information content (AvgIpc) is 2.65. The van der Waals surface area contributed by atoms with Gasteiger partial charge in [-0.3, -0.25) is 9.78 Å².